The largest absolute Gasteiger partial charge is 0.355 e. The molecule has 0 fully saturated rings. The predicted octanol–water partition coefficient (Wildman–Crippen LogP) is 2.82. The molecule has 86 valence electrons. The second kappa shape index (κ2) is 4.25. The first-order chi connectivity index (χ1) is 6.80. The zero-order chi connectivity index (χ0) is 11.6. The fourth-order valence-electron chi connectivity index (χ4n) is 1.33. The minimum Gasteiger partial charge on any atom is -0.355 e. The van der Waals surface area contributed by atoms with Gasteiger partial charge in [0.25, 0.3) is 0 Å². The average Bonchev–Trinajstić information content (AvgIpc) is 2.39. The van der Waals surface area contributed by atoms with Crippen LogP contribution in [-0.2, 0) is 7.05 Å². The number of hydrogen-bond donors (Lipinski definition) is 1. The molecular formula is C12H23N3. The summed E-state index contributed by atoms with van der Waals surface area (Å²) in [7, 11) is 2.02. The van der Waals surface area contributed by atoms with Crippen LogP contribution in [0.5, 0.6) is 0 Å². The van der Waals surface area contributed by atoms with Gasteiger partial charge in [-0.3, -0.25) is 0 Å². The maximum Gasteiger partial charge on any atom is 0.202 e. The van der Waals surface area contributed by atoms with E-state index >= 15 is 0 Å². The zero-order valence-corrected chi connectivity index (χ0v) is 10.8. The minimum atomic E-state index is 0.340. The highest BCUT2D eigenvalue weighted by Crippen LogP contribution is 2.25. The first kappa shape index (κ1) is 12.1. The van der Waals surface area contributed by atoms with Gasteiger partial charge in [0.15, 0.2) is 0 Å². The summed E-state index contributed by atoms with van der Waals surface area (Å²) in [5, 5.41) is 3.39. The fourth-order valence-corrected chi connectivity index (χ4v) is 1.33. The molecule has 0 aliphatic rings. The van der Waals surface area contributed by atoms with Crippen molar-refractivity contribution in [2.24, 2.45) is 18.4 Å². The molecule has 0 aromatic carbocycles. The molecule has 0 saturated heterocycles. The smallest absolute Gasteiger partial charge is 0.202 e. The van der Waals surface area contributed by atoms with Crippen molar-refractivity contribution < 1.29 is 0 Å². The average molecular weight is 209 g/mol. The van der Waals surface area contributed by atoms with Gasteiger partial charge in [-0.15, -0.1) is 0 Å². The van der Waals surface area contributed by atoms with E-state index in [1.54, 1.807) is 0 Å². The highest BCUT2D eigenvalue weighted by Gasteiger charge is 2.19. The Morgan fingerprint density at radius 1 is 1.47 bits per heavy atom. The zero-order valence-electron chi connectivity index (χ0n) is 10.8. The highest BCUT2D eigenvalue weighted by molar-refractivity contribution is 5.28. The molecule has 1 aromatic heterocycles. The van der Waals surface area contributed by atoms with Gasteiger partial charge in [-0.05, 0) is 18.3 Å². The van der Waals surface area contributed by atoms with E-state index in [4.69, 9.17) is 0 Å². The van der Waals surface area contributed by atoms with Crippen molar-refractivity contribution in [2.75, 3.05) is 11.9 Å². The third kappa shape index (κ3) is 3.26. The molecule has 3 nitrogen and oxygen atoms in total. The Balaban J connectivity index is 2.54. The van der Waals surface area contributed by atoms with Crippen LogP contribution in [0.4, 0.5) is 5.95 Å². The third-order valence-corrected chi connectivity index (χ3v) is 3.04. The van der Waals surface area contributed by atoms with Crippen LogP contribution >= 0.6 is 0 Å². The number of anilines is 1. The Kier molecular flexibility index (Phi) is 3.42. The van der Waals surface area contributed by atoms with Gasteiger partial charge in [0.2, 0.25) is 5.95 Å². The molecule has 1 atom stereocenters. The maximum absolute atomic E-state index is 4.42. The van der Waals surface area contributed by atoms with E-state index in [1.165, 1.54) is 0 Å². The molecule has 0 amide bonds. The lowest BCUT2D eigenvalue weighted by Crippen LogP contribution is -2.25. The molecule has 1 unspecified atom stereocenters. The Bertz CT molecular complexity index is 320. The minimum absolute atomic E-state index is 0.340. The van der Waals surface area contributed by atoms with Gasteiger partial charge in [0.05, 0.1) is 5.69 Å². The van der Waals surface area contributed by atoms with Crippen molar-refractivity contribution in [3.8, 4) is 0 Å². The van der Waals surface area contributed by atoms with E-state index in [2.05, 4.69) is 38.0 Å². The first-order valence-corrected chi connectivity index (χ1v) is 5.54. The lowest BCUT2D eigenvalue weighted by atomic mass is 9.82. The summed E-state index contributed by atoms with van der Waals surface area (Å²) in [4.78, 5) is 4.42. The van der Waals surface area contributed by atoms with E-state index in [9.17, 15) is 0 Å². The van der Waals surface area contributed by atoms with Crippen molar-refractivity contribution in [2.45, 2.75) is 34.6 Å². The summed E-state index contributed by atoms with van der Waals surface area (Å²) >= 11 is 0. The van der Waals surface area contributed by atoms with Gasteiger partial charge in [-0.2, -0.15) is 0 Å². The van der Waals surface area contributed by atoms with Gasteiger partial charge >= 0.3 is 0 Å². The number of aryl methyl sites for hydroxylation is 2. The monoisotopic (exact) mass is 209 g/mol. The third-order valence-electron chi connectivity index (χ3n) is 3.04. The lowest BCUT2D eigenvalue weighted by Gasteiger charge is -2.27. The summed E-state index contributed by atoms with van der Waals surface area (Å²) in [5.74, 6) is 1.58. The van der Waals surface area contributed by atoms with Gasteiger partial charge < -0.3 is 9.88 Å². The Morgan fingerprint density at radius 2 is 2.07 bits per heavy atom. The molecule has 0 radical (unpaired) electrons. The van der Waals surface area contributed by atoms with E-state index in [-0.39, 0.29) is 0 Å². The van der Waals surface area contributed by atoms with E-state index in [0.29, 0.717) is 11.3 Å². The Labute approximate surface area is 92.9 Å². The molecule has 1 rings (SSSR count). The predicted molar refractivity (Wildman–Crippen MR) is 65.1 cm³/mol. The second-order valence-corrected chi connectivity index (χ2v) is 5.46. The summed E-state index contributed by atoms with van der Waals surface area (Å²) in [6, 6.07) is 0. The number of nitrogens with zero attached hydrogens (tertiary/aromatic N) is 2. The molecule has 1 heterocycles. The molecule has 15 heavy (non-hydrogen) atoms. The quantitative estimate of drug-likeness (QED) is 0.829. The van der Waals surface area contributed by atoms with E-state index in [1.807, 2.05) is 24.7 Å². The standard InChI is InChI=1S/C12H23N3/c1-9(12(3,4)5)7-13-11-14-10(2)8-15(11)6/h8-9H,7H2,1-6H3,(H,13,14). The normalized spacial score (nSPS) is 14.0. The van der Waals surface area contributed by atoms with Crippen LogP contribution in [0, 0.1) is 18.3 Å². The van der Waals surface area contributed by atoms with Crippen molar-refractivity contribution in [3.63, 3.8) is 0 Å². The number of rotatable bonds is 3. The van der Waals surface area contributed by atoms with Crippen LogP contribution in [0.25, 0.3) is 0 Å². The van der Waals surface area contributed by atoms with Gasteiger partial charge in [0.1, 0.15) is 0 Å². The molecule has 1 aromatic rings. The van der Waals surface area contributed by atoms with Crippen LogP contribution in [0.2, 0.25) is 0 Å². The van der Waals surface area contributed by atoms with Gasteiger partial charge in [-0.25, -0.2) is 4.98 Å². The molecule has 3 heteroatoms. The van der Waals surface area contributed by atoms with Crippen molar-refractivity contribution in [1.29, 1.82) is 0 Å². The summed E-state index contributed by atoms with van der Waals surface area (Å²) in [6.45, 7) is 12.0. The lowest BCUT2D eigenvalue weighted by molar-refractivity contribution is 0.274. The van der Waals surface area contributed by atoms with Crippen LogP contribution in [0.15, 0.2) is 6.20 Å². The Hall–Kier alpha value is -0.990. The van der Waals surface area contributed by atoms with Crippen LogP contribution in [-0.4, -0.2) is 16.1 Å². The van der Waals surface area contributed by atoms with Crippen LogP contribution in [0.1, 0.15) is 33.4 Å². The van der Waals surface area contributed by atoms with E-state index < -0.39 is 0 Å². The van der Waals surface area contributed by atoms with Crippen molar-refractivity contribution in [1.82, 2.24) is 9.55 Å². The van der Waals surface area contributed by atoms with Crippen LogP contribution in [0.3, 0.4) is 0 Å². The molecule has 0 spiro atoms. The van der Waals surface area contributed by atoms with Gasteiger partial charge in [-0.1, -0.05) is 27.7 Å². The van der Waals surface area contributed by atoms with Crippen LogP contribution < -0.4 is 5.32 Å². The second-order valence-electron chi connectivity index (χ2n) is 5.46. The van der Waals surface area contributed by atoms with Crippen molar-refractivity contribution in [3.05, 3.63) is 11.9 Å². The first-order valence-electron chi connectivity index (χ1n) is 5.54. The molecule has 0 aliphatic heterocycles. The number of imidazole rings is 1. The summed E-state index contributed by atoms with van der Waals surface area (Å²) in [6.07, 6.45) is 2.03. The number of nitrogens with one attached hydrogen (secondary N) is 1. The summed E-state index contributed by atoms with van der Waals surface area (Å²) < 4.78 is 2.03. The highest BCUT2D eigenvalue weighted by atomic mass is 15.2. The van der Waals surface area contributed by atoms with Crippen molar-refractivity contribution >= 4 is 5.95 Å². The topological polar surface area (TPSA) is 29.9 Å². The van der Waals surface area contributed by atoms with E-state index in [0.717, 1.165) is 18.2 Å². The van der Waals surface area contributed by atoms with Gasteiger partial charge in [0, 0.05) is 19.8 Å². The molecule has 0 bridgehead atoms. The Morgan fingerprint density at radius 3 is 2.47 bits per heavy atom. The summed E-state index contributed by atoms with van der Waals surface area (Å²) in [5.41, 5.74) is 1.40. The maximum atomic E-state index is 4.42. The molecular weight excluding hydrogens is 186 g/mol. The SMILES string of the molecule is Cc1cn(C)c(NCC(C)C(C)(C)C)n1. The number of hydrogen-bond acceptors (Lipinski definition) is 2. The fraction of sp³-hybridized carbons (Fsp3) is 0.750. The molecule has 1 N–H and O–H groups in total. The molecule has 0 saturated carbocycles. The number of aromatic nitrogens is 2. The molecule has 0 aliphatic carbocycles.